The lowest BCUT2D eigenvalue weighted by Crippen LogP contribution is -2.42. The molecule has 1 heterocycles. The molecule has 1 amide bonds. The van der Waals surface area contributed by atoms with Crippen LogP contribution in [0.5, 0.6) is 17.2 Å². The summed E-state index contributed by atoms with van der Waals surface area (Å²) in [5.41, 5.74) is 0.104. The number of hydrogen-bond acceptors (Lipinski definition) is 5. The van der Waals surface area contributed by atoms with Crippen LogP contribution in [0.4, 0.5) is 0 Å². The van der Waals surface area contributed by atoms with E-state index in [1.165, 1.54) is 0 Å². The molecule has 1 aromatic rings. The number of fused-ring (bicyclic) bond motifs is 1. The molecule has 0 spiro atoms. The number of ether oxygens (including phenoxy) is 3. The molecule has 0 aliphatic carbocycles. The summed E-state index contributed by atoms with van der Waals surface area (Å²) in [5, 5.41) is 11.7. The van der Waals surface area contributed by atoms with Crippen LogP contribution in [0.15, 0.2) is 12.1 Å². The highest BCUT2D eigenvalue weighted by atomic mass is 16.5. The van der Waals surface area contributed by atoms with Crippen LogP contribution in [0.1, 0.15) is 25.5 Å². The molecule has 1 aliphatic rings. The summed E-state index contributed by atoms with van der Waals surface area (Å²) in [6.45, 7) is 3.16. The van der Waals surface area contributed by atoms with Crippen LogP contribution in [-0.2, 0) is 4.79 Å². The summed E-state index contributed by atoms with van der Waals surface area (Å²) in [4.78, 5) is 11.5. The third kappa shape index (κ3) is 2.38. The molecule has 6 nitrogen and oxygen atoms in total. The highest BCUT2D eigenvalue weighted by Crippen LogP contribution is 2.49. The van der Waals surface area contributed by atoms with Crippen molar-refractivity contribution in [1.29, 1.82) is 0 Å². The van der Waals surface area contributed by atoms with Crippen LogP contribution in [-0.4, -0.2) is 37.4 Å². The summed E-state index contributed by atoms with van der Waals surface area (Å²) < 4.78 is 16.4. The van der Waals surface area contributed by atoms with Gasteiger partial charge in [0.1, 0.15) is 35.5 Å². The fourth-order valence-corrected chi connectivity index (χ4v) is 2.38. The van der Waals surface area contributed by atoms with E-state index in [0.717, 1.165) is 5.56 Å². The molecule has 0 saturated carbocycles. The van der Waals surface area contributed by atoms with Crippen molar-refractivity contribution in [2.45, 2.75) is 25.5 Å². The van der Waals surface area contributed by atoms with E-state index < -0.39 is 24.2 Å². The molecular formula is C14H19NO5. The van der Waals surface area contributed by atoms with Crippen LogP contribution in [0.3, 0.4) is 0 Å². The van der Waals surface area contributed by atoms with Gasteiger partial charge in [0.2, 0.25) is 5.91 Å². The maximum absolute atomic E-state index is 11.5. The van der Waals surface area contributed by atoms with E-state index in [1.54, 1.807) is 26.4 Å². The molecule has 2 N–H and O–H groups in total. The molecule has 6 heteroatoms. The average molecular weight is 281 g/mol. The Labute approximate surface area is 117 Å². The minimum Gasteiger partial charge on any atom is -0.496 e. The lowest BCUT2D eigenvalue weighted by molar-refractivity contribution is -0.125. The predicted molar refractivity (Wildman–Crippen MR) is 72.2 cm³/mol. The van der Waals surface area contributed by atoms with E-state index in [0.29, 0.717) is 17.2 Å². The number of benzene rings is 1. The van der Waals surface area contributed by atoms with Gasteiger partial charge in [-0.1, -0.05) is 0 Å². The molecule has 0 saturated heterocycles. The lowest BCUT2D eigenvalue weighted by Gasteiger charge is -2.27. The monoisotopic (exact) mass is 281 g/mol. The Balaban J connectivity index is 2.49. The van der Waals surface area contributed by atoms with Gasteiger partial charge in [0, 0.05) is 12.1 Å². The van der Waals surface area contributed by atoms with Gasteiger partial charge in [-0.2, -0.15) is 0 Å². The van der Waals surface area contributed by atoms with E-state index in [9.17, 15) is 4.79 Å². The fourth-order valence-electron chi connectivity index (χ4n) is 2.38. The Hall–Kier alpha value is -1.95. The zero-order valence-corrected chi connectivity index (χ0v) is 12.0. The summed E-state index contributed by atoms with van der Waals surface area (Å²) in [6.07, 6.45) is 0. The number of amides is 1. The van der Waals surface area contributed by atoms with Crippen molar-refractivity contribution in [1.82, 2.24) is 5.32 Å². The number of rotatable bonds is 4. The van der Waals surface area contributed by atoms with Crippen molar-refractivity contribution in [3.8, 4) is 17.2 Å². The highest BCUT2D eigenvalue weighted by molar-refractivity contribution is 5.78. The van der Waals surface area contributed by atoms with Gasteiger partial charge in [-0.3, -0.25) is 4.79 Å². The first-order valence-corrected chi connectivity index (χ1v) is 6.28. The van der Waals surface area contributed by atoms with Crippen LogP contribution >= 0.6 is 0 Å². The average Bonchev–Trinajstić information content (AvgIpc) is 2.68. The predicted octanol–water partition coefficient (Wildman–Crippen LogP) is 1.02. The number of nitrogens with one attached hydrogen (secondary N) is 1. The molecule has 0 fully saturated rings. The second-order valence-electron chi connectivity index (χ2n) is 5.11. The molecule has 0 aromatic heterocycles. The van der Waals surface area contributed by atoms with Crippen molar-refractivity contribution in [3.05, 3.63) is 17.7 Å². The molecule has 20 heavy (non-hydrogen) atoms. The Morgan fingerprint density at radius 1 is 1.40 bits per heavy atom. The minimum absolute atomic E-state index is 0.405. The molecular weight excluding hydrogens is 262 g/mol. The summed E-state index contributed by atoms with van der Waals surface area (Å²) in [6, 6.07) is 3.09. The quantitative estimate of drug-likeness (QED) is 0.862. The van der Waals surface area contributed by atoms with Crippen LogP contribution < -0.4 is 19.5 Å². The number of carbonyl (C=O) groups is 1. The van der Waals surface area contributed by atoms with Crippen molar-refractivity contribution in [3.63, 3.8) is 0 Å². The van der Waals surface area contributed by atoms with Gasteiger partial charge < -0.3 is 24.6 Å². The van der Waals surface area contributed by atoms with E-state index >= 15 is 0 Å². The van der Waals surface area contributed by atoms with Gasteiger partial charge in [-0.05, 0) is 13.8 Å². The second-order valence-corrected chi connectivity index (χ2v) is 5.11. The topological polar surface area (TPSA) is 77.0 Å². The minimum atomic E-state index is -0.646. The Kier molecular flexibility index (Phi) is 3.76. The van der Waals surface area contributed by atoms with Crippen molar-refractivity contribution in [2.24, 2.45) is 0 Å². The summed E-state index contributed by atoms with van der Waals surface area (Å²) in [7, 11) is 3.11. The normalized spacial score (nSPS) is 18.9. The maximum Gasteiger partial charge on any atom is 0.246 e. The van der Waals surface area contributed by atoms with Gasteiger partial charge >= 0.3 is 0 Å². The first-order chi connectivity index (χ1) is 9.42. The van der Waals surface area contributed by atoms with Crippen molar-refractivity contribution >= 4 is 5.91 Å². The number of aliphatic hydroxyl groups is 1. The molecule has 2 rings (SSSR count). The smallest absolute Gasteiger partial charge is 0.246 e. The van der Waals surface area contributed by atoms with Crippen LogP contribution in [0, 0.1) is 0 Å². The number of aliphatic hydroxyl groups excluding tert-OH is 1. The molecule has 0 radical (unpaired) electrons. The molecule has 1 unspecified atom stereocenters. The number of methoxy groups -OCH3 is 2. The zero-order valence-electron chi connectivity index (χ0n) is 12.0. The molecule has 1 aliphatic heterocycles. The first-order valence-electron chi connectivity index (χ1n) is 6.28. The van der Waals surface area contributed by atoms with Gasteiger partial charge in [-0.25, -0.2) is 0 Å². The van der Waals surface area contributed by atoms with Gasteiger partial charge in [-0.15, -0.1) is 0 Å². The van der Waals surface area contributed by atoms with Crippen molar-refractivity contribution in [2.75, 3.05) is 20.8 Å². The zero-order chi connectivity index (χ0) is 14.9. The third-order valence-corrected chi connectivity index (χ3v) is 3.34. The lowest BCUT2D eigenvalue weighted by atomic mass is 9.93. The van der Waals surface area contributed by atoms with E-state index in [2.05, 4.69) is 5.32 Å². The van der Waals surface area contributed by atoms with Crippen molar-refractivity contribution < 1.29 is 24.1 Å². The van der Waals surface area contributed by atoms with E-state index in [4.69, 9.17) is 19.3 Å². The number of hydrogen-bond donors (Lipinski definition) is 2. The summed E-state index contributed by atoms with van der Waals surface area (Å²) >= 11 is 0. The fraction of sp³-hybridized carbons (Fsp3) is 0.500. The highest BCUT2D eigenvalue weighted by Gasteiger charge is 2.44. The maximum atomic E-state index is 11.5. The van der Waals surface area contributed by atoms with Gasteiger partial charge in [0.25, 0.3) is 0 Å². The molecule has 0 bridgehead atoms. The van der Waals surface area contributed by atoms with Crippen LogP contribution in [0.25, 0.3) is 0 Å². The van der Waals surface area contributed by atoms with E-state index in [1.807, 2.05) is 13.8 Å². The Morgan fingerprint density at radius 2 is 2.10 bits per heavy atom. The number of carbonyl (C=O) groups excluding carboxylic acids is 1. The largest absolute Gasteiger partial charge is 0.496 e. The standard InChI is InChI=1S/C14H19NO5/c1-14(2)13(15-11(17)7-16)12-9(19-4)5-8(18-3)6-10(12)20-14/h5-6,13,16H,7H2,1-4H3,(H,15,17). The molecule has 110 valence electrons. The Bertz CT molecular complexity index is 527. The first kappa shape index (κ1) is 14.5. The molecule has 1 atom stereocenters. The second kappa shape index (κ2) is 5.20. The van der Waals surface area contributed by atoms with Crippen LogP contribution in [0.2, 0.25) is 0 Å². The third-order valence-electron chi connectivity index (χ3n) is 3.34. The summed E-state index contributed by atoms with van der Waals surface area (Å²) in [5.74, 6) is 1.34. The van der Waals surface area contributed by atoms with Gasteiger partial charge in [0.15, 0.2) is 0 Å². The Morgan fingerprint density at radius 3 is 2.65 bits per heavy atom. The molecule has 1 aromatic carbocycles. The van der Waals surface area contributed by atoms with Gasteiger partial charge in [0.05, 0.1) is 19.8 Å². The van der Waals surface area contributed by atoms with E-state index in [-0.39, 0.29) is 0 Å². The SMILES string of the molecule is COc1cc(OC)c2c(c1)OC(C)(C)C2NC(=O)CO.